The minimum atomic E-state index is 0.227. The summed E-state index contributed by atoms with van der Waals surface area (Å²) in [6.07, 6.45) is 7.06. The molecule has 0 bridgehead atoms. The molecule has 0 aliphatic carbocycles. The normalized spacial score (nSPS) is 15.7. The molecular weight excluding hydrogens is 284 g/mol. The molecule has 2 aromatic rings. The molecule has 1 saturated heterocycles. The molecule has 1 aliphatic heterocycles. The van der Waals surface area contributed by atoms with Crippen molar-refractivity contribution in [2.45, 2.75) is 29.6 Å². The number of imidazole rings is 1. The summed E-state index contributed by atoms with van der Waals surface area (Å²) in [4.78, 5) is 22.1. The minimum Gasteiger partial charge on any atom is -0.341 e. The van der Waals surface area contributed by atoms with E-state index in [4.69, 9.17) is 11.6 Å². The van der Waals surface area contributed by atoms with Crippen LogP contribution in [0.25, 0.3) is 0 Å². The Labute approximate surface area is 120 Å². The predicted octanol–water partition coefficient (Wildman–Crippen LogP) is 2.39. The molecule has 3 heterocycles. The summed E-state index contributed by atoms with van der Waals surface area (Å²) in [6, 6.07) is 0. The molecule has 0 spiro atoms. The topological polar surface area (TPSA) is 70.6 Å². The van der Waals surface area contributed by atoms with Crippen molar-refractivity contribution >= 4 is 29.3 Å². The number of halogens is 1. The van der Waals surface area contributed by atoms with Crippen LogP contribution in [0.2, 0.25) is 5.28 Å². The molecule has 100 valence electrons. The third-order valence-corrected chi connectivity index (χ3v) is 3.83. The van der Waals surface area contributed by atoms with Gasteiger partial charge in [0.2, 0.25) is 16.4 Å². The first kappa shape index (κ1) is 12.7. The lowest BCUT2D eigenvalue weighted by atomic mass is 10.1. The van der Waals surface area contributed by atoms with E-state index in [-0.39, 0.29) is 5.28 Å². The molecule has 0 aromatic carbocycles. The van der Waals surface area contributed by atoms with Gasteiger partial charge in [-0.15, -0.1) is 0 Å². The zero-order valence-electron chi connectivity index (χ0n) is 10.2. The van der Waals surface area contributed by atoms with E-state index in [1.54, 1.807) is 12.4 Å². The second-order valence-electron chi connectivity index (χ2n) is 4.23. The van der Waals surface area contributed by atoms with E-state index >= 15 is 0 Å². The Morgan fingerprint density at radius 1 is 1.16 bits per heavy atom. The third kappa shape index (κ3) is 3.16. The lowest BCUT2D eigenvalue weighted by Crippen LogP contribution is -2.31. The first-order valence-corrected chi connectivity index (χ1v) is 7.34. The van der Waals surface area contributed by atoms with Crippen molar-refractivity contribution in [3.8, 4) is 0 Å². The number of piperidine rings is 1. The van der Waals surface area contributed by atoms with Gasteiger partial charge in [-0.1, -0.05) is 0 Å². The van der Waals surface area contributed by atoms with Crippen LogP contribution in [0.15, 0.2) is 22.7 Å². The molecule has 0 unspecified atom stereocenters. The highest BCUT2D eigenvalue weighted by Gasteiger charge is 2.16. The number of aromatic nitrogens is 5. The molecule has 3 rings (SSSR count). The van der Waals surface area contributed by atoms with Gasteiger partial charge in [-0.25, -0.2) is 4.98 Å². The van der Waals surface area contributed by atoms with Gasteiger partial charge < -0.3 is 9.88 Å². The van der Waals surface area contributed by atoms with Crippen LogP contribution < -0.4 is 4.90 Å². The van der Waals surface area contributed by atoms with E-state index in [0.29, 0.717) is 11.1 Å². The summed E-state index contributed by atoms with van der Waals surface area (Å²) in [7, 11) is 0. The summed E-state index contributed by atoms with van der Waals surface area (Å²) in [6.45, 7) is 1.95. The fourth-order valence-corrected chi connectivity index (χ4v) is 2.87. The molecule has 19 heavy (non-hydrogen) atoms. The Bertz CT molecular complexity index is 540. The highest BCUT2D eigenvalue weighted by molar-refractivity contribution is 7.99. The average molecular weight is 297 g/mol. The van der Waals surface area contributed by atoms with Gasteiger partial charge in [0, 0.05) is 25.5 Å². The Morgan fingerprint density at radius 2 is 2.00 bits per heavy atom. The number of aromatic amines is 1. The highest BCUT2D eigenvalue weighted by atomic mass is 35.5. The van der Waals surface area contributed by atoms with E-state index in [0.717, 1.165) is 18.2 Å². The molecule has 2 aromatic heterocycles. The van der Waals surface area contributed by atoms with Gasteiger partial charge in [0.25, 0.3) is 0 Å². The quantitative estimate of drug-likeness (QED) is 0.938. The molecule has 0 radical (unpaired) electrons. The van der Waals surface area contributed by atoms with Crippen molar-refractivity contribution in [3.05, 3.63) is 17.7 Å². The van der Waals surface area contributed by atoms with Crippen molar-refractivity contribution in [1.29, 1.82) is 0 Å². The van der Waals surface area contributed by atoms with Crippen LogP contribution in [-0.2, 0) is 0 Å². The van der Waals surface area contributed by atoms with Crippen molar-refractivity contribution in [2.75, 3.05) is 18.0 Å². The molecule has 1 aliphatic rings. The summed E-state index contributed by atoms with van der Waals surface area (Å²) >= 11 is 7.32. The maximum absolute atomic E-state index is 5.98. The van der Waals surface area contributed by atoms with E-state index in [2.05, 4.69) is 29.8 Å². The Balaban J connectivity index is 1.82. The Kier molecular flexibility index (Phi) is 3.84. The zero-order valence-corrected chi connectivity index (χ0v) is 11.8. The zero-order chi connectivity index (χ0) is 13.1. The largest absolute Gasteiger partial charge is 0.341 e. The standard InChI is InChI=1S/C11H13ClN6S/c12-8-15-9(18-6-2-1-3-7-18)17-11(16-8)19-10-13-4-5-14-10/h4-5H,1-3,6-7H2,(H,13,14). The number of hydrogen-bond donors (Lipinski definition) is 1. The molecule has 6 nitrogen and oxygen atoms in total. The van der Waals surface area contributed by atoms with Crippen LogP contribution in [-0.4, -0.2) is 38.0 Å². The molecule has 0 atom stereocenters. The van der Waals surface area contributed by atoms with E-state index < -0.39 is 0 Å². The number of anilines is 1. The number of rotatable bonds is 3. The van der Waals surface area contributed by atoms with E-state index in [1.807, 2.05) is 0 Å². The Hall–Kier alpha value is -1.34. The van der Waals surface area contributed by atoms with Crippen molar-refractivity contribution < 1.29 is 0 Å². The average Bonchev–Trinajstić information content (AvgIpc) is 2.92. The lowest BCUT2D eigenvalue weighted by Gasteiger charge is -2.26. The van der Waals surface area contributed by atoms with Gasteiger partial charge in [-0.2, -0.15) is 15.0 Å². The fraction of sp³-hybridized carbons (Fsp3) is 0.455. The van der Waals surface area contributed by atoms with E-state index in [9.17, 15) is 0 Å². The van der Waals surface area contributed by atoms with Crippen molar-refractivity contribution in [3.63, 3.8) is 0 Å². The van der Waals surface area contributed by atoms with Crippen LogP contribution in [0.3, 0.4) is 0 Å². The molecule has 0 amide bonds. The van der Waals surface area contributed by atoms with E-state index in [1.165, 1.54) is 31.0 Å². The first-order valence-electron chi connectivity index (χ1n) is 6.15. The van der Waals surface area contributed by atoms with Crippen LogP contribution in [0.4, 0.5) is 5.95 Å². The number of nitrogens with zero attached hydrogens (tertiary/aromatic N) is 5. The minimum absolute atomic E-state index is 0.227. The van der Waals surface area contributed by atoms with Gasteiger partial charge >= 0.3 is 0 Å². The summed E-state index contributed by atoms with van der Waals surface area (Å²) in [5.41, 5.74) is 0. The van der Waals surface area contributed by atoms with Gasteiger partial charge in [-0.05, 0) is 42.6 Å². The number of hydrogen-bond acceptors (Lipinski definition) is 6. The van der Waals surface area contributed by atoms with Gasteiger partial charge in [0.05, 0.1) is 0 Å². The molecular formula is C11H13ClN6S. The van der Waals surface area contributed by atoms with Crippen LogP contribution >= 0.6 is 23.4 Å². The highest BCUT2D eigenvalue weighted by Crippen LogP contribution is 2.24. The molecule has 8 heteroatoms. The summed E-state index contributed by atoms with van der Waals surface area (Å²) in [5, 5.41) is 1.53. The van der Waals surface area contributed by atoms with Crippen LogP contribution in [0.5, 0.6) is 0 Å². The van der Waals surface area contributed by atoms with Crippen LogP contribution in [0.1, 0.15) is 19.3 Å². The SMILES string of the molecule is Clc1nc(Sc2ncc[nH]2)nc(N2CCCCC2)n1. The molecule has 1 N–H and O–H groups in total. The predicted molar refractivity (Wildman–Crippen MR) is 73.6 cm³/mol. The van der Waals surface area contributed by atoms with Crippen molar-refractivity contribution in [2.24, 2.45) is 0 Å². The summed E-state index contributed by atoms with van der Waals surface area (Å²) in [5.74, 6) is 0.661. The van der Waals surface area contributed by atoms with Gasteiger partial charge in [0.1, 0.15) is 0 Å². The number of nitrogens with one attached hydrogen (secondary N) is 1. The fourth-order valence-electron chi connectivity index (χ4n) is 2.00. The Morgan fingerprint density at radius 3 is 2.74 bits per heavy atom. The van der Waals surface area contributed by atoms with Crippen LogP contribution in [0, 0.1) is 0 Å². The first-order chi connectivity index (χ1) is 9.31. The lowest BCUT2D eigenvalue weighted by molar-refractivity contribution is 0.564. The maximum atomic E-state index is 5.98. The maximum Gasteiger partial charge on any atom is 0.230 e. The smallest absolute Gasteiger partial charge is 0.230 e. The van der Waals surface area contributed by atoms with Gasteiger partial charge in [-0.3, -0.25) is 0 Å². The second-order valence-corrected chi connectivity index (χ2v) is 5.53. The van der Waals surface area contributed by atoms with Crippen molar-refractivity contribution in [1.82, 2.24) is 24.9 Å². The summed E-state index contributed by atoms with van der Waals surface area (Å²) < 4.78 is 0. The molecule has 0 saturated carbocycles. The number of H-pyrrole nitrogens is 1. The molecule has 1 fully saturated rings. The monoisotopic (exact) mass is 296 g/mol. The second kappa shape index (κ2) is 5.75. The third-order valence-electron chi connectivity index (χ3n) is 2.88. The van der Waals surface area contributed by atoms with Gasteiger partial charge in [0.15, 0.2) is 5.16 Å².